The molecule has 0 spiro atoms. The molecule has 0 radical (unpaired) electrons. The van der Waals surface area contributed by atoms with E-state index in [2.05, 4.69) is 5.32 Å². The number of ether oxygens (including phenoxy) is 2. The summed E-state index contributed by atoms with van der Waals surface area (Å²) in [5.41, 5.74) is 1.09. The number of benzene rings is 4. The number of ketones is 3. The largest absolute Gasteiger partial charge is 0.507 e. The highest BCUT2D eigenvalue weighted by Crippen LogP contribution is 2.56. The van der Waals surface area contributed by atoms with Crippen LogP contribution in [-0.4, -0.2) is 28.4 Å². The minimum atomic E-state index is -1.65. The van der Waals surface area contributed by atoms with E-state index in [1.807, 2.05) is 73.7 Å². The van der Waals surface area contributed by atoms with Crippen molar-refractivity contribution in [3.8, 4) is 17.2 Å². The van der Waals surface area contributed by atoms with Gasteiger partial charge in [0.05, 0.1) is 5.56 Å². The van der Waals surface area contributed by atoms with E-state index in [4.69, 9.17) is 9.47 Å². The maximum absolute atomic E-state index is 14.0. The number of carbonyl (C=O) groups is 4. The molecule has 0 saturated carbocycles. The molecule has 0 fully saturated rings. The van der Waals surface area contributed by atoms with Gasteiger partial charge in [-0.05, 0) is 48.2 Å². The quantitative estimate of drug-likeness (QED) is 0.289. The number of aryl methyl sites for hydroxylation is 1. The fourth-order valence-electron chi connectivity index (χ4n) is 5.98. The minimum absolute atomic E-state index is 0.0149. The van der Waals surface area contributed by atoms with E-state index < -0.39 is 34.6 Å². The number of hydrogen-bond donors (Lipinski definition) is 2. The molecule has 216 valence electrons. The lowest BCUT2D eigenvalue weighted by Crippen LogP contribution is -2.47. The molecule has 8 heteroatoms. The zero-order valence-corrected chi connectivity index (χ0v) is 23.9. The molecule has 1 heterocycles. The molecule has 2 N–H and O–H groups in total. The molecule has 4 aromatic carbocycles. The van der Waals surface area contributed by atoms with Crippen LogP contribution in [0.5, 0.6) is 17.2 Å². The van der Waals surface area contributed by atoms with Gasteiger partial charge in [-0.25, -0.2) is 0 Å². The van der Waals surface area contributed by atoms with Crippen LogP contribution in [0.15, 0.2) is 84.6 Å². The van der Waals surface area contributed by atoms with E-state index >= 15 is 0 Å². The third-order valence-corrected chi connectivity index (χ3v) is 8.31. The lowest BCUT2D eigenvalue weighted by atomic mass is 9.67. The Kier molecular flexibility index (Phi) is 6.85. The van der Waals surface area contributed by atoms with Crippen molar-refractivity contribution >= 4 is 34.0 Å². The van der Waals surface area contributed by atoms with Gasteiger partial charge in [-0.15, -0.1) is 0 Å². The van der Waals surface area contributed by atoms with E-state index in [1.54, 1.807) is 0 Å². The normalized spacial score (nSPS) is 18.9. The monoisotopic (exact) mass is 575 g/mol. The second kappa shape index (κ2) is 10.5. The minimum Gasteiger partial charge on any atom is -0.507 e. The summed E-state index contributed by atoms with van der Waals surface area (Å²) in [5, 5.41) is 16.3. The summed E-state index contributed by atoms with van der Waals surface area (Å²) in [6.45, 7) is 4.90. The van der Waals surface area contributed by atoms with Gasteiger partial charge in [0.2, 0.25) is 0 Å². The summed E-state index contributed by atoms with van der Waals surface area (Å²) >= 11 is 0. The molecule has 6 rings (SSSR count). The van der Waals surface area contributed by atoms with E-state index in [-0.39, 0.29) is 47.3 Å². The fourth-order valence-corrected chi connectivity index (χ4v) is 5.98. The molecule has 1 aliphatic carbocycles. The molecule has 1 amide bonds. The molecule has 8 nitrogen and oxygen atoms in total. The average Bonchev–Trinajstić information content (AvgIpc) is 3.29. The second-order valence-electron chi connectivity index (χ2n) is 11.1. The Morgan fingerprint density at radius 2 is 1.74 bits per heavy atom. The fraction of sp³-hybridized carbons (Fsp3) is 0.200. The van der Waals surface area contributed by atoms with Crippen LogP contribution in [0.4, 0.5) is 0 Å². The standard InChI is InChI=1S/C35H29NO7/c1-19-13-14-22-11-7-8-12-23(22)24(19)17-36-34(41)30-27(42-18-21-9-5-4-6-10-21)15-26(39)31-32(30)43-28-16-25(38)29(20(2)37)33(40)35(28,31)3/h4-16,29,39H,17-18H2,1-3H3,(H,36,41)/t29?,35-/m1/s1. The third-order valence-electron chi connectivity index (χ3n) is 8.31. The van der Waals surface area contributed by atoms with Crippen molar-refractivity contribution in [2.45, 2.75) is 39.3 Å². The first-order chi connectivity index (χ1) is 20.6. The molecule has 0 bridgehead atoms. The maximum Gasteiger partial charge on any atom is 0.259 e. The van der Waals surface area contributed by atoms with Crippen LogP contribution < -0.4 is 14.8 Å². The number of carbonyl (C=O) groups excluding carboxylic acids is 4. The highest BCUT2D eigenvalue weighted by Gasteiger charge is 2.58. The summed E-state index contributed by atoms with van der Waals surface area (Å²) in [5.74, 6) is -4.56. The molecule has 0 aromatic heterocycles. The molecular weight excluding hydrogens is 546 g/mol. The SMILES string of the molecule is CC(=O)C1C(=O)C=C2Oc3c(C(=O)NCc4c(C)ccc5ccccc45)c(OCc4ccccc4)cc(O)c3[C@]2(C)C1=O. The Morgan fingerprint density at radius 1 is 1.02 bits per heavy atom. The van der Waals surface area contributed by atoms with Crippen LogP contribution in [0.3, 0.4) is 0 Å². The van der Waals surface area contributed by atoms with Crippen LogP contribution in [0.25, 0.3) is 10.8 Å². The smallest absolute Gasteiger partial charge is 0.259 e. The summed E-state index contributed by atoms with van der Waals surface area (Å²) in [4.78, 5) is 52.7. The predicted octanol–water partition coefficient (Wildman–Crippen LogP) is 5.25. The number of phenolic OH excluding ortho intramolecular Hbond substituents is 1. The number of Topliss-reactive ketones (excluding diaryl/α,β-unsaturated/α-hetero) is 2. The summed E-state index contributed by atoms with van der Waals surface area (Å²) in [7, 11) is 0. The van der Waals surface area contributed by atoms with Gasteiger partial charge in [-0.2, -0.15) is 0 Å². The summed E-state index contributed by atoms with van der Waals surface area (Å²) in [6, 6.07) is 22.5. The lowest BCUT2D eigenvalue weighted by Gasteiger charge is -2.30. The highest BCUT2D eigenvalue weighted by atomic mass is 16.5. The van der Waals surface area contributed by atoms with Gasteiger partial charge < -0.3 is 19.9 Å². The summed E-state index contributed by atoms with van der Waals surface area (Å²) in [6.07, 6.45) is 1.11. The zero-order valence-electron chi connectivity index (χ0n) is 23.9. The van der Waals surface area contributed by atoms with Gasteiger partial charge in [0.1, 0.15) is 46.5 Å². The van der Waals surface area contributed by atoms with E-state index in [0.717, 1.165) is 33.5 Å². The number of allylic oxidation sites excluding steroid dienone is 2. The first-order valence-corrected chi connectivity index (χ1v) is 13.9. The molecular formula is C35H29NO7. The Morgan fingerprint density at radius 3 is 2.49 bits per heavy atom. The Bertz CT molecular complexity index is 1870. The average molecular weight is 576 g/mol. The van der Waals surface area contributed by atoms with Crippen LogP contribution in [0.1, 0.15) is 46.5 Å². The first-order valence-electron chi connectivity index (χ1n) is 13.9. The zero-order chi connectivity index (χ0) is 30.5. The molecule has 43 heavy (non-hydrogen) atoms. The Balaban J connectivity index is 1.45. The van der Waals surface area contributed by atoms with Gasteiger partial charge in [0.25, 0.3) is 5.91 Å². The molecule has 0 saturated heterocycles. The van der Waals surface area contributed by atoms with Gasteiger partial charge >= 0.3 is 0 Å². The van der Waals surface area contributed by atoms with Crippen LogP contribution in [-0.2, 0) is 33.0 Å². The number of nitrogens with one attached hydrogen (secondary N) is 1. The van der Waals surface area contributed by atoms with Crippen LogP contribution in [0.2, 0.25) is 0 Å². The topological polar surface area (TPSA) is 119 Å². The van der Waals surface area contributed by atoms with E-state index in [0.29, 0.717) is 0 Å². The number of rotatable bonds is 7. The number of phenols is 1. The molecule has 2 atom stereocenters. The van der Waals surface area contributed by atoms with Gasteiger partial charge in [0, 0.05) is 18.7 Å². The number of amides is 1. The molecule has 1 unspecified atom stereocenters. The van der Waals surface area contributed by atoms with Crippen molar-refractivity contribution in [3.63, 3.8) is 0 Å². The molecule has 1 aliphatic heterocycles. The molecule has 2 aliphatic rings. The predicted molar refractivity (Wildman–Crippen MR) is 159 cm³/mol. The van der Waals surface area contributed by atoms with Crippen molar-refractivity contribution < 1.29 is 33.8 Å². The van der Waals surface area contributed by atoms with Crippen molar-refractivity contribution in [2.75, 3.05) is 0 Å². The van der Waals surface area contributed by atoms with Crippen molar-refractivity contribution in [3.05, 3.63) is 112 Å². The first kappa shape index (κ1) is 27.9. The van der Waals surface area contributed by atoms with E-state index in [9.17, 15) is 24.3 Å². The number of aromatic hydroxyl groups is 1. The van der Waals surface area contributed by atoms with Gasteiger partial charge in [-0.3, -0.25) is 19.2 Å². The van der Waals surface area contributed by atoms with Crippen LogP contribution in [0, 0.1) is 12.8 Å². The lowest BCUT2D eigenvalue weighted by molar-refractivity contribution is -0.140. The van der Waals surface area contributed by atoms with E-state index in [1.165, 1.54) is 19.9 Å². The second-order valence-corrected chi connectivity index (χ2v) is 11.1. The third kappa shape index (κ3) is 4.55. The number of fused-ring (bicyclic) bond motifs is 4. The highest BCUT2D eigenvalue weighted by molar-refractivity contribution is 6.27. The van der Waals surface area contributed by atoms with Crippen molar-refractivity contribution in [1.82, 2.24) is 5.32 Å². The number of hydrogen-bond acceptors (Lipinski definition) is 7. The Labute approximate surface area is 247 Å². The Hall–Kier alpha value is -5.24. The van der Waals surface area contributed by atoms with Gasteiger partial charge in [0.15, 0.2) is 17.3 Å². The molecule has 4 aromatic rings. The summed E-state index contributed by atoms with van der Waals surface area (Å²) < 4.78 is 12.1. The van der Waals surface area contributed by atoms with Crippen LogP contribution >= 0.6 is 0 Å². The maximum atomic E-state index is 14.0. The van der Waals surface area contributed by atoms with Crippen molar-refractivity contribution in [1.29, 1.82) is 0 Å². The van der Waals surface area contributed by atoms with Gasteiger partial charge in [-0.1, -0.05) is 66.7 Å². The van der Waals surface area contributed by atoms with Crippen molar-refractivity contribution in [2.24, 2.45) is 5.92 Å².